The number of unbranched alkanes of at least 4 members (excludes halogenated alkanes) is 10. The van der Waals surface area contributed by atoms with Crippen molar-refractivity contribution >= 4 is 12.2 Å². The zero-order chi connectivity index (χ0) is 17.0. The van der Waals surface area contributed by atoms with Crippen LogP contribution in [0.5, 0.6) is 0 Å². The molecule has 0 fully saturated rings. The summed E-state index contributed by atoms with van der Waals surface area (Å²) in [5.41, 5.74) is 0. The monoisotopic (exact) mass is 322 g/mol. The van der Waals surface area contributed by atoms with Crippen LogP contribution in [0.2, 0.25) is 0 Å². The van der Waals surface area contributed by atoms with E-state index in [0.29, 0.717) is 6.54 Å². The van der Waals surface area contributed by atoms with Gasteiger partial charge in [-0.1, -0.05) is 77.6 Å². The van der Waals surface area contributed by atoms with Crippen LogP contribution >= 0.6 is 0 Å². The van der Waals surface area contributed by atoms with E-state index < -0.39 is 0 Å². The highest BCUT2D eigenvalue weighted by Gasteiger charge is 2.06. The highest BCUT2D eigenvalue weighted by Crippen LogP contribution is 2.16. The fourth-order valence-electron chi connectivity index (χ4n) is 2.83. The van der Waals surface area contributed by atoms with Crippen LogP contribution in [-0.2, 0) is 9.59 Å². The molecule has 0 saturated heterocycles. The second kappa shape index (κ2) is 18.8. The van der Waals surface area contributed by atoms with Crippen LogP contribution < -0.4 is 0 Å². The quantitative estimate of drug-likeness (QED) is 0.201. The van der Waals surface area contributed by atoms with E-state index in [-0.39, 0.29) is 6.04 Å². The minimum Gasteiger partial charge on any atom is -0.211 e. The standard InChI is InChI=1S/C19H34N2O2/c1-2-3-4-5-8-11-14-19(21-18-23)15-12-9-6-7-10-13-16-20-17-22/h19H,2-16H2,1H3. The van der Waals surface area contributed by atoms with E-state index in [2.05, 4.69) is 16.9 Å². The summed E-state index contributed by atoms with van der Waals surface area (Å²) in [5, 5.41) is 0. The third-order valence-electron chi connectivity index (χ3n) is 4.25. The Labute approximate surface area is 141 Å². The van der Waals surface area contributed by atoms with Gasteiger partial charge in [0.15, 0.2) is 0 Å². The molecule has 0 amide bonds. The summed E-state index contributed by atoms with van der Waals surface area (Å²) in [6.07, 6.45) is 19.9. The van der Waals surface area contributed by atoms with Crippen LogP contribution in [0, 0.1) is 0 Å². The lowest BCUT2D eigenvalue weighted by molar-refractivity contribution is 0.479. The van der Waals surface area contributed by atoms with Crippen molar-refractivity contribution < 1.29 is 9.59 Å². The average Bonchev–Trinajstić information content (AvgIpc) is 2.56. The summed E-state index contributed by atoms with van der Waals surface area (Å²) < 4.78 is 0. The largest absolute Gasteiger partial charge is 0.235 e. The van der Waals surface area contributed by atoms with Gasteiger partial charge in [-0.05, 0) is 19.3 Å². The molecule has 0 aliphatic carbocycles. The lowest BCUT2D eigenvalue weighted by atomic mass is 10.0. The molecule has 0 N–H and O–H groups in total. The zero-order valence-corrected chi connectivity index (χ0v) is 14.9. The van der Waals surface area contributed by atoms with Crippen LogP contribution in [0.3, 0.4) is 0 Å². The first-order valence-corrected chi connectivity index (χ1v) is 9.45. The molecule has 0 aromatic carbocycles. The Kier molecular flexibility index (Phi) is 17.8. The van der Waals surface area contributed by atoms with Crippen LogP contribution in [0.25, 0.3) is 0 Å². The lowest BCUT2D eigenvalue weighted by Gasteiger charge is -2.10. The second-order valence-corrected chi connectivity index (χ2v) is 6.31. The molecule has 1 atom stereocenters. The third kappa shape index (κ3) is 17.0. The molecule has 1 unspecified atom stereocenters. The smallest absolute Gasteiger partial charge is 0.211 e. The van der Waals surface area contributed by atoms with Gasteiger partial charge in [0.25, 0.3) is 0 Å². The van der Waals surface area contributed by atoms with E-state index in [1.54, 1.807) is 12.2 Å². The van der Waals surface area contributed by atoms with E-state index in [0.717, 1.165) is 32.1 Å². The summed E-state index contributed by atoms with van der Waals surface area (Å²) in [7, 11) is 0. The van der Waals surface area contributed by atoms with Crippen molar-refractivity contribution in [3.8, 4) is 0 Å². The topological polar surface area (TPSA) is 58.9 Å². The fraction of sp³-hybridized carbons (Fsp3) is 0.895. The fourth-order valence-corrected chi connectivity index (χ4v) is 2.83. The van der Waals surface area contributed by atoms with Gasteiger partial charge in [0.1, 0.15) is 0 Å². The summed E-state index contributed by atoms with van der Waals surface area (Å²) in [4.78, 5) is 27.9. The first-order valence-electron chi connectivity index (χ1n) is 9.45. The maximum atomic E-state index is 10.5. The van der Waals surface area contributed by atoms with Crippen molar-refractivity contribution in [1.29, 1.82) is 0 Å². The number of aliphatic imine (C=N–C) groups is 2. The number of rotatable bonds is 17. The van der Waals surface area contributed by atoms with Crippen LogP contribution in [0.1, 0.15) is 96.8 Å². The van der Waals surface area contributed by atoms with Crippen molar-refractivity contribution in [2.75, 3.05) is 6.54 Å². The summed E-state index contributed by atoms with van der Waals surface area (Å²) in [6, 6.07) is 0.181. The van der Waals surface area contributed by atoms with Crippen molar-refractivity contribution in [3.63, 3.8) is 0 Å². The average molecular weight is 322 g/mol. The summed E-state index contributed by atoms with van der Waals surface area (Å²) >= 11 is 0. The Morgan fingerprint density at radius 3 is 1.74 bits per heavy atom. The Balaban J connectivity index is 3.52. The van der Waals surface area contributed by atoms with Crippen molar-refractivity contribution in [2.45, 2.75) is 103 Å². The number of carbonyl (C=O) groups excluding carboxylic acids is 2. The molecule has 4 nitrogen and oxygen atoms in total. The molecule has 0 aliphatic rings. The Bertz CT molecular complexity index is 345. The van der Waals surface area contributed by atoms with E-state index in [1.807, 2.05) is 0 Å². The van der Waals surface area contributed by atoms with E-state index >= 15 is 0 Å². The Morgan fingerprint density at radius 2 is 1.22 bits per heavy atom. The molecule has 0 saturated carbocycles. The zero-order valence-electron chi connectivity index (χ0n) is 14.9. The summed E-state index contributed by atoms with van der Waals surface area (Å²) in [5.74, 6) is 0. The molecule has 0 rings (SSSR count). The van der Waals surface area contributed by atoms with Gasteiger partial charge < -0.3 is 0 Å². The molecule has 132 valence electrons. The second-order valence-electron chi connectivity index (χ2n) is 6.31. The Hall–Kier alpha value is -1.24. The predicted molar refractivity (Wildman–Crippen MR) is 95.2 cm³/mol. The third-order valence-corrected chi connectivity index (χ3v) is 4.25. The number of nitrogens with zero attached hydrogens (tertiary/aromatic N) is 2. The summed E-state index contributed by atoms with van der Waals surface area (Å²) in [6.45, 7) is 2.84. The molecule has 0 spiro atoms. The van der Waals surface area contributed by atoms with Crippen molar-refractivity contribution in [2.24, 2.45) is 9.98 Å². The van der Waals surface area contributed by atoms with Gasteiger partial charge in [0, 0.05) is 0 Å². The SMILES string of the molecule is CCCCCCCCC(CCCCCCCCN=C=O)N=C=O. The van der Waals surface area contributed by atoms with Gasteiger partial charge in [0.2, 0.25) is 12.2 Å². The molecular formula is C19H34N2O2. The van der Waals surface area contributed by atoms with Crippen LogP contribution in [-0.4, -0.2) is 24.7 Å². The van der Waals surface area contributed by atoms with Gasteiger partial charge in [-0.2, -0.15) is 0 Å². The minimum absolute atomic E-state index is 0.181. The van der Waals surface area contributed by atoms with E-state index in [9.17, 15) is 9.59 Å². The highest BCUT2D eigenvalue weighted by molar-refractivity contribution is 5.33. The van der Waals surface area contributed by atoms with Crippen LogP contribution in [0.4, 0.5) is 0 Å². The van der Waals surface area contributed by atoms with Gasteiger partial charge in [-0.3, -0.25) is 0 Å². The molecule has 0 aromatic rings. The number of isocyanates is 2. The molecular weight excluding hydrogens is 288 g/mol. The van der Waals surface area contributed by atoms with Gasteiger partial charge >= 0.3 is 0 Å². The van der Waals surface area contributed by atoms with E-state index in [4.69, 9.17) is 0 Å². The van der Waals surface area contributed by atoms with E-state index in [1.165, 1.54) is 57.8 Å². The highest BCUT2D eigenvalue weighted by atomic mass is 16.1. The normalized spacial score (nSPS) is 11.5. The van der Waals surface area contributed by atoms with Gasteiger partial charge in [-0.25, -0.2) is 19.6 Å². The predicted octanol–water partition coefficient (Wildman–Crippen LogP) is 5.51. The van der Waals surface area contributed by atoms with Crippen LogP contribution in [0.15, 0.2) is 9.98 Å². The van der Waals surface area contributed by atoms with Crippen molar-refractivity contribution in [1.82, 2.24) is 0 Å². The first kappa shape index (κ1) is 21.8. The number of hydrogen-bond acceptors (Lipinski definition) is 4. The van der Waals surface area contributed by atoms with Gasteiger partial charge in [0.05, 0.1) is 12.6 Å². The molecule has 23 heavy (non-hydrogen) atoms. The molecule has 0 heterocycles. The molecule has 0 bridgehead atoms. The maximum absolute atomic E-state index is 10.5. The lowest BCUT2D eigenvalue weighted by Crippen LogP contribution is -2.04. The Morgan fingerprint density at radius 1 is 0.696 bits per heavy atom. The molecule has 0 radical (unpaired) electrons. The van der Waals surface area contributed by atoms with Crippen molar-refractivity contribution in [3.05, 3.63) is 0 Å². The molecule has 0 aliphatic heterocycles. The molecule has 0 aromatic heterocycles. The first-order chi connectivity index (χ1) is 11.3. The maximum Gasteiger partial charge on any atom is 0.235 e. The number of hydrogen-bond donors (Lipinski definition) is 0. The van der Waals surface area contributed by atoms with Gasteiger partial charge in [-0.15, -0.1) is 0 Å². The minimum atomic E-state index is 0.181. The molecule has 4 heteroatoms.